The maximum absolute atomic E-state index is 4.99. The number of hydrogen-bond donors (Lipinski definition) is 0. The molecular weight excluding hydrogens is 218 g/mol. The fourth-order valence-corrected chi connectivity index (χ4v) is 4.10. The average Bonchev–Trinajstić information content (AvgIpc) is 2.66. The van der Waals surface area contributed by atoms with Gasteiger partial charge in [0.25, 0.3) is 0 Å². The topological polar surface area (TPSA) is 12.4 Å². The molecule has 2 aliphatic rings. The molecule has 0 N–H and O–H groups in total. The minimum Gasteiger partial charge on any atom is -0.294 e. The normalized spacial score (nSPS) is 35.6. The van der Waals surface area contributed by atoms with Gasteiger partial charge >= 0.3 is 0 Å². The highest BCUT2D eigenvalue weighted by Gasteiger charge is 2.59. The third-order valence-electron chi connectivity index (χ3n) is 6.08. The van der Waals surface area contributed by atoms with Crippen molar-refractivity contribution in [3.05, 3.63) is 0 Å². The van der Waals surface area contributed by atoms with Crippen LogP contribution in [0.1, 0.15) is 79.1 Å². The summed E-state index contributed by atoms with van der Waals surface area (Å²) in [5.74, 6) is 0.904. The van der Waals surface area contributed by atoms with Gasteiger partial charge in [0.2, 0.25) is 0 Å². The van der Waals surface area contributed by atoms with E-state index in [-0.39, 0.29) is 0 Å². The highest BCUT2D eigenvalue weighted by Crippen LogP contribution is 2.63. The molecule has 2 saturated carbocycles. The molecule has 104 valence electrons. The molecule has 0 amide bonds. The molecule has 0 saturated heterocycles. The summed E-state index contributed by atoms with van der Waals surface area (Å²) >= 11 is 0. The Kier molecular flexibility index (Phi) is 4.18. The zero-order valence-corrected chi connectivity index (χ0v) is 12.9. The number of fused-ring (bicyclic) bond motifs is 2. The molecule has 0 aromatic heterocycles. The van der Waals surface area contributed by atoms with Crippen LogP contribution in [0.15, 0.2) is 4.99 Å². The van der Waals surface area contributed by atoms with Gasteiger partial charge in [-0.3, -0.25) is 4.99 Å². The van der Waals surface area contributed by atoms with Crippen LogP contribution in [0.25, 0.3) is 0 Å². The lowest BCUT2D eigenvalue weighted by atomic mass is 9.70. The van der Waals surface area contributed by atoms with E-state index in [0.29, 0.717) is 10.8 Å². The van der Waals surface area contributed by atoms with Gasteiger partial charge < -0.3 is 0 Å². The van der Waals surface area contributed by atoms with Gasteiger partial charge in [0.05, 0.1) is 0 Å². The molecule has 0 spiro atoms. The minimum atomic E-state index is 0.418. The number of hydrogen-bond acceptors (Lipinski definition) is 1. The molecule has 2 fully saturated rings. The molecule has 2 aliphatic carbocycles. The van der Waals surface area contributed by atoms with Crippen molar-refractivity contribution in [3.8, 4) is 0 Å². The Balaban J connectivity index is 1.84. The van der Waals surface area contributed by atoms with Crippen molar-refractivity contribution in [1.82, 2.24) is 0 Å². The van der Waals surface area contributed by atoms with Gasteiger partial charge in [-0.15, -0.1) is 0 Å². The molecule has 1 heteroatoms. The molecular formula is C17H31N. The van der Waals surface area contributed by atoms with Crippen LogP contribution in [-0.2, 0) is 0 Å². The molecule has 1 nitrogen and oxygen atoms in total. The van der Waals surface area contributed by atoms with E-state index in [1.165, 1.54) is 51.4 Å². The first-order chi connectivity index (χ1) is 8.52. The van der Waals surface area contributed by atoms with E-state index in [1.807, 2.05) is 0 Å². The minimum absolute atomic E-state index is 0.418. The summed E-state index contributed by atoms with van der Waals surface area (Å²) < 4.78 is 0. The van der Waals surface area contributed by atoms with Gasteiger partial charge in [-0.25, -0.2) is 0 Å². The number of aliphatic imine (C=N–C) groups is 1. The lowest BCUT2D eigenvalue weighted by Crippen LogP contribution is -2.32. The standard InChI is InChI=1S/C17H31N/c1-5-6-7-8-9-12-18-15-13-14-10-11-17(15,4)16(14,2)3/h14H,5-13H2,1-4H3/t14-,17+/m1/s1. The van der Waals surface area contributed by atoms with Crippen LogP contribution in [0.2, 0.25) is 0 Å². The first kappa shape index (κ1) is 14.1. The summed E-state index contributed by atoms with van der Waals surface area (Å²) in [6.45, 7) is 10.8. The van der Waals surface area contributed by atoms with Crippen LogP contribution < -0.4 is 0 Å². The van der Waals surface area contributed by atoms with E-state index >= 15 is 0 Å². The van der Waals surface area contributed by atoms with E-state index in [9.17, 15) is 0 Å². The summed E-state index contributed by atoms with van der Waals surface area (Å²) in [4.78, 5) is 4.99. The third-order valence-corrected chi connectivity index (χ3v) is 6.08. The van der Waals surface area contributed by atoms with Crippen molar-refractivity contribution in [2.24, 2.45) is 21.7 Å². The first-order valence-corrected chi connectivity index (χ1v) is 8.06. The Hall–Kier alpha value is -0.330. The number of rotatable bonds is 6. The van der Waals surface area contributed by atoms with Crippen LogP contribution in [0, 0.1) is 16.7 Å². The fourth-order valence-electron chi connectivity index (χ4n) is 4.10. The van der Waals surface area contributed by atoms with Gasteiger partial charge in [-0.05, 0) is 37.0 Å². The maximum Gasteiger partial charge on any atom is 0.0388 e. The molecule has 0 aromatic carbocycles. The van der Waals surface area contributed by atoms with E-state index in [2.05, 4.69) is 27.7 Å². The molecule has 0 aliphatic heterocycles. The third kappa shape index (κ3) is 2.26. The molecule has 2 rings (SSSR count). The predicted molar refractivity (Wildman–Crippen MR) is 80.3 cm³/mol. The number of nitrogens with zero attached hydrogens (tertiary/aromatic N) is 1. The molecule has 2 bridgehead atoms. The second kappa shape index (κ2) is 5.35. The predicted octanol–water partition coefficient (Wildman–Crippen LogP) is 5.24. The van der Waals surface area contributed by atoms with E-state index < -0.39 is 0 Å². The van der Waals surface area contributed by atoms with Crippen molar-refractivity contribution in [2.45, 2.75) is 79.1 Å². The molecule has 2 atom stereocenters. The zero-order chi connectivity index (χ0) is 13.2. The first-order valence-electron chi connectivity index (χ1n) is 8.06. The molecule has 0 unspecified atom stereocenters. The van der Waals surface area contributed by atoms with Gasteiger partial charge in [0.15, 0.2) is 0 Å². The van der Waals surface area contributed by atoms with Crippen molar-refractivity contribution < 1.29 is 0 Å². The van der Waals surface area contributed by atoms with E-state index in [1.54, 1.807) is 5.71 Å². The van der Waals surface area contributed by atoms with Crippen molar-refractivity contribution in [2.75, 3.05) is 6.54 Å². The SMILES string of the molecule is CCCCCCCN=C1C[C@H]2CC[C@]1(C)C2(C)C. The Morgan fingerprint density at radius 1 is 1.11 bits per heavy atom. The summed E-state index contributed by atoms with van der Waals surface area (Å²) in [5.41, 5.74) is 2.47. The van der Waals surface area contributed by atoms with Crippen molar-refractivity contribution >= 4 is 5.71 Å². The van der Waals surface area contributed by atoms with Crippen molar-refractivity contribution in [3.63, 3.8) is 0 Å². The van der Waals surface area contributed by atoms with Crippen LogP contribution in [0.3, 0.4) is 0 Å². The highest BCUT2D eigenvalue weighted by atomic mass is 14.8. The highest BCUT2D eigenvalue weighted by molar-refractivity contribution is 5.94. The zero-order valence-electron chi connectivity index (χ0n) is 12.9. The largest absolute Gasteiger partial charge is 0.294 e. The van der Waals surface area contributed by atoms with Gasteiger partial charge in [0.1, 0.15) is 0 Å². The summed E-state index contributed by atoms with van der Waals surface area (Å²) in [6.07, 6.45) is 10.9. The van der Waals surface area contributed by atoms with Gasteiger partial charge in [-0.2, -0.15) is 0 Å². The second-order valence-electron chi connectivity index (χ2n) is 7.24. The lowest BCUT2D eigenvalue weighted by molar-refractivity contribution is 0.194. The molecule has 0 heterocycles. The average molecular weight is 249 g/mol. The van der Waals surface area contributed by atoms with Crippen molar-refractivity contribution in [1.29, 1.82) is 0 Å². The smallest absolute Gasteiger partial charge is 0.0388 e. The summed E-state index contributed by atoms with van der Waals surface area (Å²) in [5, 5.41) is 0. The molecule has 0 aromatic rings. The summed E-state index contributed by atoms with van der Waals surface area (Å²) in [6, 6.07) is 0. The molecule has 0 radical (unpaired) electrons. The van der Waals surface area contributed by atoms with Crippen LogP contribution in [-0.4, -0.2) is 12.3 Å². The monoisotopic (exact) mass is 249 g/mol. The lowest BCUT2D eigenvalue weighted by Gasteiger charge is -2.34. The number of unbranched alkanes of at least 4 members (excludes halogenated alkanes) is 4. The van der Waals surface area contributed by atoms with E-state index in [0.717, 1.165) is 12.5 Å². The second-order valence-corrected chi connectivity index (χ2v) is 7.24. The van der Waals surface area contributed by atoms with Crippen LogP contribution in [0.4, 0.5) is 0 Å². The molecule has 18 heavy (non-hydrogen) atoms. The van der Waals surface area contributed by atoms with Gasteiger partial charge in [0, 0.05) is 17.7 Å². The Morgan fingerprint density at radius 3 is 2.39 bits per heavy atom. The summed E-state index contributed by atoms with van der Waals surface area (Å²) in [7, 11) is 0. The Morgan fingerprint density at radius 2 is 1.83 bits per heavy atom. The quantitative estimate of drug-likeness (QED) is 0.571. The van der Waals surface area contributed by atoms with Crippen LogP contribution in [0.5, 0.6) is 0 Å². The van der Waals surface area contributed by atoms with Gasteiger partial charge in [-0.1, -0.05) is 53.4 Å². The Bertz CT molecular complexity index is 316. The van der Waals surface area contributed by atoms with Crippen LogP contribution >= 0.6 is 0 Å². The Labute approximate surface area is 113 Å². The van der Waals surface area contributed by atoms with E-state index in [4.69, 9.17) is 4.99 Å². The fraction of sp³-hybridized carbons (Fsp3) is 0.941. The maximum atomic E-state index is 4.99.